The van der Waals surface area contributed by atoms with E-state index in [4.69, 9.17) is 14.2 Å². The molecule has 0 spiro atoms. The Morgan fingerprint density at radius 2 is 1.70 bits per heavy atom. The molecule has 0 aliphatic heterocycles. The number of aromatic nitrogens is 1. The van der Waals surface area contributed by atoms with Crippen molar-refractivity contribution in [2.45, 2.75) is 13.0 Å². The molecule has 1 aromatic carbocycles. The van der Waals surface area contributed by atoms with Gasteiger partial charge in [0, 0.05) is 0 Å². The van der Waals surface area contributed by atoms with Crippen LogP contribution in [0.2, 0.25) is 0 Å². The normalized spacial score (nSPS) is 11.8. The fraction of sp³-hybridized carbons (Fsp3) is 0.267. The van der Waals surface area contributed by atoms with Gasteiger partial charge >= 0.3 is 0 Å². The highest BCUT2D eigenvalue weighted by molar-refractivity contribution is 5.52. The quantitative estimate of drug-likeness (QED) is 0.909. The molecule has 1 aromatic heterocycles. The van der Waals surface area contributed by atoms with Gasteiger partial charge in [-0.25, -0.2) is 0 Å². The number of pyridine rings is 1. The van der Waals surface area contributed by atoms with E-state index < -0.39 is 6.10 Å². The predicted molar refractivity (Wildman–Crippen MR) is 74.5 cm³/mol. The minimum Gasteiger partial charge on any atom is -0.493 e. The van der Waals surface area contributed by atoms with Gasteiger partial charge in [0.15, 0.2) is 11.5 Å². The third-order valence-electron chi connectivity index (χ3n) is 2.79. The zero-order valence-electron chi connectivity index (χ0n) is 11.7. The maximum absolute atomic E-state index is 9.43. The smallest absolute Gasteiger partial charge is 0.211 e. The van der Waals surface area contributed by atoms with Crippen molar-refractivity contribution in [2.75, 3.05) is 14.2 Å². The van der Waals surface area contributed by atoms with Gasteiger partial charge in [-0.05, 0) is 31.2 Å². The van der Waals surface area contributed by atoms with Gasteiger partial charge in [-0.2, -0.15) is 0 Å². The Balaban J connectivity index is 2.29. The highest BCUT2D eigenvalue weighted by atomic mass is 16.5. The van der Waals surface area contributed by atoms with Gasteiger partial charge in [0.05, 0.1) is 32.2 Å². The van der Waals surface area contributed by atoms with E-state index in [-0.39, 0.29) is 0 Å². The Kier molecular flexibility index (Phi) is 4.42. The number of hydrogen-bond acceptors (Lipinski definition) is 5. The lowest BCUT2D eigenvalue weighted by atomic mass is 10.2. The van der Waals surface area contributed by atoms with E-state index in [1.165, 1.54) is 0 Å². The van der Waals surface area contributed by atoms with Crippen LogP contribution in [0.25, 0.3) is 0 Å². The van der Waals surface area contributed by atoms with Crippen LogP contribution in [-0.2, 0) is 0 Å². The molecule has 0 bridgehead atoms. The number of benzene rings is 1. The van der Waals surface area contributed by atoms with E-state index in [9.17, 15) is 5.11 Å². The third kappa shape index (κ3) is 3.00. The number of ether oxygens (including phenoxy) is 3. The van der Waals surface area contributed by atoms with Gasteiger partial charge in [0.1, 0.15) is 5.75 Å². The third-order valence-corrected chi connectivity index (χ3v) is 2.79. The zero-order chi connectivity index (χ0) is 14.5. The van der Waals surface area contributed by atoms with Crippen molar-refractivity contribution in [3.05, 3.63) is 42.2 Å². The minimum absolute atomic E-state index is 0.490. The average Bonchev–Trinajstić information content (AvgIpc) is 2.48. The molecule has 20 heavy (non-hydrogen) atoms. The van der Waals surface area contributed by atoms with Crippen LogP contribution in [0.15, 0.2) is 36.5 Å². The fourth-order valence-electron chi connectivity index (χ4n) is 1.73. The number of rotatable bonds is 5. The van der Waals surface area contributed by atoms with Crippen LogP contribution in [0.1, 0.15) is 18.7 Å². The Hall–Kier alpha value is -2.27. The number of nitrogens with zero attached hydrogens (tertiary/aromatic N) is 1. The van der Waals surface area contributed by atoms with Crippen molar-refractivity contribution in [3.8, 4) is 23.0 Å². The molecule has 0 radical (unpaired) electrons. The van der Waals surface area contributed by atoms with E-state index in [0.717, 1.165) is 0 Å². The lowest BCUT2D eigenvalue weighted by molar-refractivity contribution is 0.194. The molecule has 1 heterocycles. The number of methoxy groups -OCH3 is 2. The predicted octanol–water partition coefficient (Wildman–Crippen LogP) is 2.94. The first kappa shape index (κ1) is 14.1. The monoisotopic (exact) mass is 275 g/mol. The van der Waals surface area contributed by atoms with E-state index in [1.807, 2.05) is 6.07 Å². The molecule has 2 aromatic rings. The summed E-state index contributed by atoms with van der Waals surface area (Å²) in [6.45, 7) is 1.66. The van der Waals surface area contributed by atoms with Crippen molar-refractivity contribution < 1.29 is 19.3 Å². The molecule has 1 N–H and O–H groups in total. The fourth-order valence-corrected chi connectivity index (χ4v) is 1.73. The lowest BCUT2D eigenvalue weighted by Gasteiger charge is -2.14. The maximum atomic E-state index is 9.43. The van der Waals surface area contributed by atoms with Crippen LogP contribution in [-0.4, -0.2) is 24.3 Å². The first-order chi connectivity index (χ1) is 9.65. The Morgan fingerprint density at radius 1 is 1.05 bits per heavy atom. The summed E-state index contributed by atoms with van der Waals surface area (Å²) in [5, 5.41) is 9.43. The second kappa shape index (κ2) is 6.25. The Morgan fingerprint density at radius 3 is 2.15 bits per heavy atom. The first-order valence-corrected chi connectivity index (χ1v) is 6.18. The second-order valence-corrected chi connectivity index (χ2v) is 4.19. The summed E-state index contributed by atoms with van der Waals surface area (Å²) in [6.07, 6.45) is 0.943. The molecule has 0 saturated carbocycles. The highest BCUT2D eigenvalue weighted by Crippen LogP contribution is 2.39. The van der Waals surface area contributed by atoms with Crippen LogP contribution < -0.4 is 14.2 Å². The summed E-state index contributed by atoms with van der Waals surface area (Å²) >= 11 is 0. The molecule has 5 heteroatoms. The topological polar surface area (TPSA) is 60.8 Å². The molecule has 1 unspecified atom stereocenters. The zero-order valence-corrected chi connectivity index (χ0v) is 11.7. The van der Waals surface area contributed by atoms with Gasteiger partial charge in [-0.1, -0.05) is 6.07 Å². The van der Waals surface area contributed by atoms with Crippen LogP contribution in [0, 0.1) is 0 Å². The van der Waals surface area contributed by atoms with Crippen LogP contribution >= 0.6 is 0 Å². The molecule has 0 amide bonds. The Bertz CT molecular complexity index is 544. The standard InChI is InChI=1S/C15H17NO4/c1-10(17)12-8-7-11(9-16-12)20-15-13(18-2)5-4-6-14(15)19-3/h4-10,17H,1-3H3. The largest absolute Gasteiger partial charge is 0.493 e. The van der Waals surface area contributed by atoms with Gasteiger partial charge in [-0.3, -0.25) is 4.98 Å². The number of hydrogen-bond donors (Lipinski definition) is 1. The molecule has 1 atom stereocenters. The molecule has 0 saturated heterocycles. The van der Waals surface area contributed by atoms with Crippen LogP contribution in [0.5, 0.6) is 23.0 Å². The summed E-state index contributed by atoms with van der Waals surface area (Å²) in [4.78, 5) is 4.13. The molecule has 2 rings (SSSR count). The minimum atomic E-state index is -0.607. The van der Waals surface area contributed by atoms with Crippen molar-refractivity contribution in [1.29, 1.82) is 0 Å². The lowest BCUT2D eigenvalue weighted by Crippen LogP contribution is -1.97. The van der Waals surface area contributed by atoms with Crippen LogP contribution in [0.4, 0.5) is 0 Å². The first-order valence-electron chi connectivity index (χ1n) is 6.18. The van der Waals surface area contributed by atoms with Crippen molar-refractivity contribution in [1.82, 2.24) is 4.98 Å². The molecular weight excluding hydrogens is 258 g/mol. The second-order valence-electron chi connectivity index (χ2n) is 4.19. The van der Waals surface area contributed by atoms with E-state index in [2.05, 4.69) is 4.98 Å². The van der Waals surface area contributed by atoms with Crippen molar-refractivity contribution >= 4 is 0 Å². The van der Waals surface area contributed by atoms with Crippen LogP contribution in [0.3, 0.4) is 0 Å². The maximum Gasteiger partial charge on any atom is 0.211 e. The number of aliphatic hydroxyl groups is 1. The van der Waals surface area contributed by atoms with E-state index in [1.54, 1.807) is 51.6 Å². The summed E-state index contributed by atoms with van der Waals surface area (Å²) in [7, 11) is 3.13. The summed E-state index contributed by atoms with van der Waals surface area (Å²) in [5.74, 6) is 2.18. The van der Waals surface area contributed by atoms with Gasteiger partial charge < -0.3 is 19.3 Å². The molecular formula is C15H17NO4. The average molecular weight is 275 g/mol. The number of para-hydroxylation sites is 1. The summed E-state index contributed by atoms with van der Waals surface area (Å²) in [6, 6.07) is 8.84. The molecule has 0 aliphatic carbocycles. The van der Waals surface area contributed by atoms with Crippen molar-refractivity contribution in [2.24, 2.45) is 0 Å². The highest BCUT2D eigenvalue weighted by Gasteiger charge is 2.12. The molecule has 0 fully saturated rings. The Labute approximate surface area is 117 Å². The SMILES string of the molecule is COc1cccc(OC)c1Oc1ccc(C(C)O)nc1. The molecule has 106 valence electrons. The van der Waals surface area contributed by atoms with Crippen molar-refractivity contribution in [3.63, 3.8) is 0 Å². The van der Waals surface area contributed by atoms with E-state index in [0.29, 0.717) is 28.7 Å². The molecule has 0 aliphatic rings. The van der Waals surface area contributed by atoms with Gasteiger partial charge in [-0.15, -0.1) is 0 Å². The van der Waals surface area contributed by atoms with E-state index >= 15 is 0 Å². The van der Waals surface area contributed by atoms with Gasteiger partial charge in [0.25, 0.3) is 0 Å². The molecule has 5 nitrogen and oxygen atoms in total. The summed E-state index contributed by atoms with van der Waals surface area (Å²) in [5.41, 5.74) is 0.587. The number of aliphatic hydroxyl groups excluding tert-OH is 1. The van der Waals surface area contributed by atoms with Gasteiger partial charge in [0.2, 0.25) is 5.75 Å². The summed E-state index contributed by atoms with van der Waals surface area (Å²) < 4.78 is 16.3.